The molecule has 0 atom stereocenters. The molecule has 124 valence electrons. The topological polar surface area (TPSA) is 43.4 Å². The second-order valence-electron chi connectivity index (χ2n) is 6.11. The summed E-state index contributed by atoms with van der Waals surface area (Å²) in [6.45, 7) is 9.83. The fourth-order valence-electron chi connectivity index (χ4n) is 2.76. The molecule has 5 heteroatoms. The third-order valence-electron chi connectivity index (χ3n) is 4.11. The molecule has 0 spiro atoms. The molecule has 2 rings (SSSR count). The molecule has 1 aliphatic heterocycles. The molecule has 1 aliphatic rings. The van der Waals surface area contributed by atoms with Gasteiger partial charge < -0.3 is 15.5 Å². The zero-order chi connectivity index (χ0) is 15.5. The van der Waals surface area contributed by atoms with E-state index in [0.29, 0.717) is 0 Å². The fraction of sp³-hybridized carbons (Fsp3) is 0.706. The molecule has 0 saturated carbocycles. The van der Waals surface area contributed by atoms with Crippen LogP contribution in [0.3, 0.4) is 0 Å². The zero-order valence-corrected chi connectivity index (χ0v) is 13.9. The lowest BCUT2D eigenvalue weighted by Crippen LogP contribution is -2.37. The minimum Gasteiger partial charge on any atom is -0.315 e. The van der Waals surface area contributed by atoms with E-state index in [4.69, 9.17) is 0 Å². The van der Waals surface area contributed by atoms with Crippen LogP contribution in [0.1, 0.15) is 18.5 Å². The summed E-state index contributed by atoms with van der Waals surface area (Å²) < 4.78 is 0. The van der Waals surface area contributed by atoms with E-state index < -0.39 is 0 Å². The Morgan fingerprint density at radius 1 is 0.955 bits per heavy atom. The van der Waals surface area contributed by atoms with Crippen LogP contribution in [-0.2, 0) is 6.54 Å². The van der Waals surface area contributed by atoms with Gasteiger partial charge in [0.05, 0.1) is 5.69 Å². The highest BCUT2D eigenvalue weighted by Gasteiger charge is 2.07. The first-order valence-electron chi connectivity index (χ1n) is 8.57. The van der Waals surface area contributed by atoms with E-state index in [1.165, 1.54) is 25.1 Å². The molecule has 1 fully saturated rings. The third kappa shape index (κ3) is 7.31. The van der Waals surface area contributed by atoms with E-state index in [9.17, 15) is 0 Å². The van der Waals surface area contributed by atoms with Crippen molar-refractivity contribution in [2.24, 2.45) is 0 Å². The van der Waals surface area contributed by atoms with Crippen LogP contribution in [0.5, 0.6) is 0 Å². The van der Waals surface area contributed by atoms with Crippen LogP contribution in [0.25, 0.3) is 0 Å². The summed E-state index contributed by atoms with van der Waals surface area (Å²) in [6, 6.07) is 6.17. The molecule has 0 unspecified atom stereocenters. The highest BCUT2D eigenvalue weighted by molar-refractivity contribution is 5.03. The van der Waals surface area contributed by atoms with Gasteiger partial charge in [0.2, 0.25) is 0 Å². The summed E-state index contributed by atoms with van der Waals surface area (Å²) in [6.07, 6.45) is 4.29. The SMILES string of the molecule is CN1CCCNCCN(Cc2ccccn2)CCCNCC1. The number of hydrogen-bond donors (Lipinski definition) is 2. The number of pyridine rings is 1. The van der Waals surface area contributed by atoms with Gasteiger partial charge in [0.25, 0.3) is 0 Å². The number of nitrogens with zero attached hydrogens (tertiary/aromatic N) is 3. The van der Waals surface area contributed by atoms with Crippen molar-refractivity contribution in [1.29, 1.82) is 0 Å². The predicted octanol–water partition coefficient (Wildman–Crippen LogP) is 0.788. The van der Waals surface area contributed by atoms with Gasteiger partial charge in [-0.3, -0.25) is 9.88 Å². The Kier molecular flexibility index (Phi) is 8.41. The lowest BCUT2D eigenvalue weighted by atomic mass is 10.3. The Balaban J connectivity index is 1.79. The molecule has 0 amide bonds. The maximum Gasteiger partial charge on any atom is 0.0543 e. The lowest BCUT2D eigenvalue weighted by Gasteiger charge is -2.23. The molecule has 0 bridgehead atoms. The Hall–Kier alpha value is -1.01. The molecule has 5 nitrogen and oxygen atoms in total. The van der Waals surface area contributed by atoms with Gasteiger partial charge in [-0.1, -0.05) is 6.07 Å². The van der Waals surface area contributed by atoms with Crippen molar-refractivity contribution in [2.45, 2.75) is 19.4 Å². The van der Waals surface area contributed by atoms with E-state index >= 15 is 0 Å². The molecule has 1 aromatic rings. The summed E-state index contributed by atoms with van der Waals surface area (Å²) in [7, 11) is 2.21. The second kappa shape index (κ2) is 10.7. The minimum atomic E-state index is 0.950. The number of rotatable bonds is 2. The smallest absolute Gasteiger partial charge is 0.0543 e. The van der Waals surface area contributed by atoms with Crippen molar-refractivity contribution in [3.63, 3.8) is 0 Å². The monoisotopic (exact) mass is 305 g/mol. The quantitative estimate of drug-likeness (QED) is 0.846. The Bertz CT molecular complexity index is 368. The van der Waals surface area contributed by atoms with Gasteiger partial charge in [-0.2, -0.15) is 0 Å². The van der Waals surface area contributed by atoms with Gasteiger partial charge in [0, 0.05) is 38.9 Å². The summed E-state index contributed by atoms with van der Waals surface area (Å²) in [5.74, 6) is 0. The van der Waals surface area contributed by atoms with Crippen LogP contribution in [0, 0.1) is 0 Å². The van der Waals surface area contributed by atoms with E-state index in [-0.39, 0.29) is 0 Å². The average Bonchev–Trinajstić information content (AvgIpc) is 2.54. The van der Waals surface area contributed by atoms with Gasteiger partial charge >= 0.3 is 0 Å². The summed E-state index contributed by atoms with van der Waals surface area (Å²) in [4.78, 5) is 9.37. The highest BCUT2D eigenvalue weighted by atomic mass is 15.2. The molecule has 2 heterocycles. The van der Waals surface area contributed by atoms with Crippen molar-refractivity contribution >= 4 is 0 Å². The van der Waals surface area contributed by atoms with Crippen molar-refractivity contribution in [2.75, 3.05) is 59.4 Å². The van der Waals surface area contributed by atoms with Crippen LogP contribution in [-0.4, -0.2) is 74.2 Å². The van der Waals surface area contributed by atoms with Gasteiger partial charge in [-0.05, 0) is 58.2 Å². The summed E-state index contributed by atoms with van der Waals surface area (Å²) in [5.41, 5.74) is 1.17. The first kappa shape index (κ1) is 17.3. The first-order chi connectivity index (χ1) is 10.8. The van der Waals surface area contributed by atoms with E-state index in [1.807, 2.05) is 12.3 Å². The van der Waals surface area contributed by atoms with Crippen LogP contribution < -0.4 is 10.6 Å². The highest BCUT2D eigenvalue weighted by Crippen LogP contribution is 2.01. The van der Waals surface area contributed by atoms with Crippen LogP contribution in [0.4, 0.5) is 0 Å². The number of nitrogens with one attached hydrogen (secondary N) is 2. The van der Waals surface area contributed by atoms with Gasteiger partial charge in [-0.15, -0.1) is 0 Å². The average molecular weight is 305 g/mol. The van der Waals surface area contributed by atoms with Gasteiger partial charge in [0.1, 0.15) is 0 Å². The van der Waals surface area contributed by atoms with Gasteiger partial charge in [-0.25, -0.2) is 0 Å². The zero-order valence-electron chi connectivity index (χ0n) is 13.9. The molecule has 0 aliphatic carbocycles. The molecule has 0 aromatic carbocycles. The van der Waals surface area contributed by atoms with Crippen LogP contribution >= 0.6 is 0 Å². The Labute approximate surface area is 135 Å². The maximum atomic E-state index is 4.45. The fourth-order valence-corrected chi connectivity index (χ4v) is 2.76. The van der Waals surface area contributed by atoms with Gasteiger partial charge in [0.15, 0.2) is 0 Å². The molecular formula is C17H31N5. The molecule has 2 N–H and O–H groups in total. The van der Waals surface area contributed by atoms with Crippen molar-refractivity contribution in [3.05, 3.63) is 30.1 Å². The Morgan fingerprint density at radius 3 is 2.50 bits per heavy atom. The first-order valence-corrected chi connectivity index (χ1v) is 8.57. The predicted molar refractivity (Wildman–Crippen MR) is 92.0 cm³/mol. The number of likely N-dealkylation sites (N-methyl/N-ethyl adjacent to an activating group) is 1. The number of aromatic nitrogens is 1. The molecule has 1 aromatic heterocycles. The van der Waals surface area contributed by atoms with E-state index in [2.05, 4.69) is 44.6 Å². The Morgan fingerprint density at radius 2 is 1.73 bits per heavy atom. The minimum absolute atomic E-state index is 0.950. The van der Waals surface area contributed by atoms with Crippen LogP contribution in [0.2, 0.25) is 0 Å². The second-order valence-corrected chi connectivity index (χ2v) is 6.11. The molecule has 22 heavy (non-hydrogen) atoms. The lowest BCUT2D eigenvalue weighted by molar-refractivity contribution is 0.252. The van der Waals surface area contributed by atoms with Crippen molar-refractivity contribution < 1.29 is 0 Å². The maximum absolute atomic E-state index is 4.45. The van der Waals surface area contributed by atoms with Crippen LogP contribution in [0.15, 0.2) is 24.4 Å². The number of hydrogen-bond acceptors (Lipinski definition) is 5. The normalized spacial score (nSPS) is 21.3. The largest absolute Gasteiger partial charge is 0.315 e. The molecular weight excluding hydrogens is 274 g/mol. The summed E-state index contributed by atoms with van der Waals surface area (Å²) in [5, 5.41) is 7.13. The summed E-state index contributed by atoms with van der Waals surface area (Å²) >= 11 is 0. The van der Waals surface area contributed by atoms with E-state index in [1.54, 1.807) is 0 Å². The standard InChI is InChI=1S/C17H31N5/c1-21-12-4-7-19-11-15-22(13-5-8-18-10-14-21)16-17-6-2-3-9-20-17/h2-3,6,9,18-19H,4-5,7-8,10-16H2,1H3. The van der Waals surface area contributed by atoms with E-state index in [0.717, 1.165) is 52.4 Å². The third-order valence-corrected chi connectivity index (χ3v) is 4.11. The van der Waals surface area contributed by atoms with Crippen molar-refractivity contribution in [3.8, 4) is 0 Å². The molecule has 0 radical (unpaired) electrons. The van der Waals surface area contributed by atoms with Crippen molar-refractivity contribution in [1.82, 2.24) is 25.4 Å². The molecule has 1 saturated heterocycles.